The van der Waals surface area contributed by atoms with Gasteiger partial charge >= 0.3 is 0 Å². The summed E-state index contributed by atoms with van der Waals surface area (Å²) in [6.07, 6.45) is 1.77. The van der Waals surface area contributed by atoms with E-state index in [1.165, 1.54) is 32.5 Å². The van der Waals surface area contributed by atoms with E-state index in [1.54, 1.807) is 6.20 Å². The lowest BCUT2D eigenvalue weighted by Crippen LogP contribution is -1.87. The summed E-state index contributed by atoms with van der Waals surface area (Å²) in [7, 11) is 0. The van der Waals surface area contributed by atoms with Gasteiger partial charge in [0.05, 0.1) is 0 Å². The molecular weight excluding hydrogens is 266 g/mol. The van der Waals surface area contributed by atoms with E-state index in [1.807, 2.05) is 6.07 Å². The summed E-state index contributed by atoms with van der Waals surface area (Å²) < 4.78 is 0. The first kappa shape index (κ1) is 11.7. The fourth-order valence-corrected chi connectivity index (χ4v) is 3.24. The Morgan fingerprint density at radius 3 is 2.55 bits per heavy atom. The van der Waals surface area contributed by atoms with E-state index in [-0.39, 0.29) is 0 Å². The van der Waals surface area contributed by atoms with E-state index in [4.69, 9.17) is 11.6 Å². The first-order chi connectivity index (χ1) is 9.75. The normalized spacial score (nSPS) is 11.5. The van der Waals surface area contributed by atoms with Crippen molar-refractivity contribution in [2.24, 2.45) is 0 Å². The Morgan fingerprint density at radius 1 is 0.850 bits per heavy atom. The van der Waals surface area contributed by atoms with Gasteiger partial charge in [-0.05, 0) is 51.6 Å². The van der Waals surface area contributed by atoms with Crippen LogP contribution in [0.4, 0.5) is 0 Å². The van der Waals surface area contributed by atoms with Crippen molar-refractivity contribution in [2.45, 2.75) is 6.92 Å². The third-order valence-corrected chi connectivity index (χ3v) is 4.28. The summed E-state index contributed by atoms with van der Waals surface area (Å²) >= 11 is 6.24. The second-order valence-corrected chi connectivity index (χ2v) is 5.44. The van der Waals surface area contributed by atoms with Crippen molar-refractivity contribution < 1.29 is 0 Å². The van der Waals surface area contributed by atoms with Gasteiger partial charge in [-0.1, -0.05) is 48.0 Å². The molecule has 3 aromatic carbocycles. The molecule has 0 N–H and O–H groups in total. The van der Waals surface area contributed by atoms with Crippen molar-refractivity contribution in [3.8, 4) is 0 Å². The molecule has 4 rings (SSSR count). The minimum absolute atomic E-state index is 0.570. The number of aryl methyl sites for hydroxylation is 1. The quantitative estimate of drug-likeness (QED) is 0.235. The van der Waals surface area contributed by atoms with Gasteiger partial charge < -0.3 is 0 Å². The van der Waals surface area contributed by atoms with Gasteiger partial charge in [-0.3, -0.25) is 0 Å². The summed E-state index contributed by atoms with van der Waals surface area (Å²) in [6.45, 7) is 2.16. The van der Waals surface area contributed by atoms with Crippen LogP contribution in [-0.4, -0.2) is 4.98 Å². The minimum atomic E-state index is 0.570. The number of hydrogen-bond acceptors (Lipinski definition) is 1. The molecule has 0 radical (unpaired) electrons. The number of fused-ring (bicyclic) bond motifs is 4. The Kier molecular flexibility index (Phi) is 2.45. The van der Waals surface area contributed by atoms with Crippen molar-refractivity contribution in [1.29, 1.82) is 0 Å². The summed E-state index contributed by atoms with van der Waals surface area (Å²) in [5.74, 6) is 0. The van der Waals surface area contributed by atoms with Gasteiger partial charge in [-0.2, -0.15) is 0 Å². The van der Waals surface area contributed by atoms with Crippen LogP contribution >= 0.6 is 11.6 Å². The maximum absolute atomic E-state index is 6.24. The van der Waals surface area contributed by atoms with E-state index in [2.05, 4.69) is 54.4 Å². The number of rotatable bonds is 0. The zero-order valence-corrected chi connectivity index (χ0v) is 11.8. The molecule has 0 unspecified atom stereocenters. The van der Waals surface area contributed by atoms with Crippen molar-refractivity contribution in [2.75, 3.05) is 0 Å². The third-order valence-electron chi connectivity index (χ3n) is 3.98. The summed E-state index contributed by atoms with van der Waals surface area (Å²) in [5.41, 5.74) is 1.26. The smallest absolute Gasteiger partial charge is 0.136 e. The highest BCUT2D eigenvalue weighted by Crippen LogP contribution is 2.34. The van der Waals surface area contributed by atoms with E-state index in [0.717, 1.165) is 5.39 Å². The van der Waals surface area contributed by atoms with Crippen molar-refractivity contribution in [3.63, 3.8) is 0 Å². The van der Waals surface area contributed by atoms with Gasteiger partial charge in [0.2, 0.25) is 0 Å². The van der Waals surface area contributed by atoms with Crippen LogP contribution in [0.1, 0.15) is 5.56 Å². The SMILES string of the molecule is Cc1c2ccnc(Cl)c2cc2ccc3ccccc3c12. The van der Waals surface area contributed by atoms with Gasteiger partial charge in [0, 0.05) is 11.6 Å². The van der Waals surface area contributed by atoms with Gasteiger partial charge in [0.25, 0.3) is 0 Å². The summed E-state index contributed by atoms with van der Waals surface area (Å²) in [5, 5.41) is 7.84. The Balaban J connectivity index is 2.33. The molecule has 0 aliphatic heterocycles. The predicted octanol–water partition coefficient (Wildman–Crippen LogP) is 5.50. The standard InChI is InChI=1S/C18H12ClN/c1-11-14-8-9-20-18(19)16(14)10-13-7-6-12-4-2-3-5-15(12)17(11)13/h2-10H,1H3. The number of halogens is 1. The Hall–Kier alpha value is -2.12. The second kappa shape index (κ2) is 4.19. The highest BCUT2D eigenvalue weighted by Gasteiger charge is 2.09. The fourth-order valence-electron chi connectivity index (χ4n) is 3.03. The topological polar surface area (TPSA) is 12.9 Å². The first-order valence-electron chi connectivity index (χ1n) is 6.61. The Bertz CT molecular complexity index is 973. The van der Waals surface area contributed by atoms with Crippen molar-refractivity contribution in [3.05, 3.63) is 65.4 Å². The zero-order chi connectivity index (χ0) is 13.7. The molecule has 1 aromatic heterocycles. The molecule has 20 heavy (non-hydrogen) atoms. The highest BCUT2D eigenvalue weighted by atomic mass is 35.5. The molecule has 0 fully saturated rings. The average Bonchev–Trinajstić information content (AvgIpc) is 2.48. The fraction of sp³-hybridized carbons (Fsp3) is 0.0556. The maximum atomic E-state index is 6.24. The van der Waals surface area contributed by atoms with Gasteiger partial charge in [-0.15, -0.1) is 0 Å². The summed E-state index contributed by atoms with van der Waals surface area (Å²) in [4.78, 5) is 4.18. The minimum Gasteiger partial charge on any atom is -0.244 e. The van der Waals surface area contributed by atoms with Crippen LogP contribution in [0.3, 0.4) is 0 Å². The van der Waals surface area contributed by atoms with Gasteiger partial charge in [0.1, 0.15) is 5.15 Å². The molecule has 96 valence electrons. The van der Waals surface area contributed by atoms with E-state index >= 15 is 0 Å². The van der Waals surface area contributed by atoms with Crippen LogP contribution in [0.25, 0.3) is 32.3 Å². The molecule has 0 amide bonds. The van der Waals surface area contributed by atoms with Crippen molar-refractivity contribution >= 4 is 43.9 Å². The molecular formula is C18H12ClN. The van der Waals surface area contributed by atoms with Crippen LogP contribution in [0, 0.1) is 6.92 Å². The summed E-state index contributed by atoms with van der Waals surface area (Å²) in [6, 6.07) is 17.0. The number of aromatic nitrogens is 1. The lowest BCUT2D eigenvalue weighted by Gasteiger charge is -2.11. The number of nitrogens with zero attached hydrogens (tertiary/aromatic N) is 1. The maximum Gasteiger partial charge on any atom is 0.136 e. The lowest BCUT2D eigenvalue weighted by atomic mass is 9.94. The number of hydrogen-bond donors (Lipinski definition) is 0. The lowest BCUT2D eigenvalue weighted by molar-refractivity contribution is 1.36. The largest absolute Gasteiger partial charge is 0.244 e. The van der Waals surface area contributed by atoms with Gasteiger partial charge in [0.15, 0.2) is 0 Å². The van der Waals surface area contributed by atoms with Crippen LogP contribution in [-0.2, 0) is 0 Å². The van der Waals surface area contributed by atoms with E-state index in [9.17, 15) is 0 Å². The van der Waals surface area contributed by atoms with E-state index in [0.29, 0.717) is 5.15 Å². The molecule has 0 aliphatic carbocycles. The van der Waals surface area contributed by atoms with Crippen LogP contribution in [0.5, 0.6) is 0 Å². The molecule has 0 spiro atoms. The van der Waals surface area contributed by atoms with E-state index < -0.39 is 0 Å². The number of pyridine rings is 1. The van der Waals surface area contributed by atoms with Crippen LogP contribution in [0.15, 0.2) is 54.7 Å². The molecule has 2 heteroatoms. The first-order valence-corrected chi connectivity index (χ1v) is 6.99. The molecule has 1 heterocycles. The monoisotopic (exact) mass is 277 g/mol. The Morgan fingerprint density at radius 2 is 1.65 bits per heavy atom. The highest BCUT2D eigenvalue weighted by molar-refractivity contribution is 6.35. The van der Waals surface area contributed by atoms with Gasteiger partial charge in [-0.25, -0.2) is 4.98 Å². The second-order valence-electron chi connectivity index (χ2n) is 5.08. The van der Waals surface area contributed by atoms with Crippen LogP contribution < -0.4 is 0 Å². The van der Waals surface area contributed by atoms with Crippen LogP contribution in [0.2, 0.25) is 5.15 Å². The molecule has 0 atom stereocenters. The molecule has 1 nitrogen and oxygen atoms in total. The average molecular weight is 278 g/mol. The molecule has 0 bridgehead atoms. The zero-order valence-electron chi connectivity index (χ0n) is 11.0. The number of benzene rings is 3. The van der Waals surface area contributed by atoms with Crippen molar-refractivity contribution in [1.82, 2.24) is 4.98 Å². The molecule has 4 aromatic rings. The third kappa shape index (κ3) is 1.53. The Labute approximate surface area is 121 Å². The molecule has 0 aliphatic rings. The molecule has 0 saturated heterocycles. The molecule has 0 saturated carbocycles. The predicted molar refractivity (Wildman–Crippen MR) is 86.5 cm³/mol.